The van der Waals surface area contributed by atoms with Gasteiger partial charge in [0, 0.05) is 23.8 Å². The van der Waals surface area contributed by atoms with Crippen LogP contribution in [0.5, 0.6) is 0 Å². The molecule has 0 radical (unpaired) electrons. The van der Waals surface area contributed by atoms with E-state index in [0.717, 1.165) is 22.5 Å². The van der Waals surface area contributed by atoms with Crippen molar-refractivity contribution in [2.75, 3.05) is 0 Å². The van der Waals surface area contributed by atoms with Gasteiger partial charge in [0.05, 0.1) is 0 Å². The van der Waals surface area contributed by atoms with Gasteiger partial charge in [0.2, 0.25) is 0 Å². The molecule has 0 bridgehead atoms. The molecule has 0 spiro atoms. The third-order valence-corrected chi connectivity index (χ3v) is 2.68. The minimum atomic E-state index is 0. The molecule has 3 heteroatoms. The third-order valence-electron chi connectivity index (χ3n) is 2.68. The van der Waals surface area contributed by atoms with E-state index in [9.17, 15) is 0 Å². The SMILES string of the molecule is [C-]#CC.[Pt+2].[c-]1c(-c2ccccn2)cccc1-c1ccccn1. The van der Waals surface area contributed by atoms with Crippen LogP contribution in [0.1, 0.15) is 6.92 Å². The summed E-state index contributed by atoms with van der Waals surface area (Å²) < 4.78 is 0. The van der Waals surface area contributed by atoms with Gasteiger partial charge in [-0.1, -0.05) is 35.4 Å². The molecule has 2 aromatic heterocycles. The van der Waals surface area contributed by atoms with Crippen molar-refractivity contribution in [1.29, 1.82) is 0 Å². The number of nitrogens with zero attached hydrogens (tertiary/aromatic N) is 2. The molecule has 0 atom stereocenters. The number of hydrogen-bond acceptors (Lipinski definition) is 2. The van der Waals surface area contributed by atoms with Gasteiger partial charge >= 0.3 is 21.1 Å². The molecule has 0 fully saturated rings. The summed E-state index contributed by atoms with van der Waals surface area (Å²) >= 11 is 0. The molecule has 3 rings (SSSR count). The average molecular weight is 465 g/mol. The van der Waals surface area contributed by atoms with Crippen molar-refractivity contribution >= 4 is 0 Å². The van der Waals surface area contributed by atoms with Crippen molar-refractivity contribution in [3.8, 4) is 28.4 Å². The first-order valence-corrected chi connectivity index (χ1v) is 6.53. The summed E-state index contributed by atoms with van der Waals surface area (Å²) in [5.74, 6) is 2.00. The predicted molar refractivity (Wildman–Crippen MR) is 84.5 cm³/mol. The predicted octanol–water partition coefficient (Wildman–Crippen LogP) is 4.20. The molecule has 2 nitrogen and oxygen atoms in total. The second-order valence-electron chi connectivity index (χ2n) is 4.16. The molecule has 1 aromatic carbocycles. The zero-order chi connectivity index (χ0) is 14.9. The van der Waals surface area contributed by atoms with Crippen LogP contribution in [0.4, 0.5) is 0 Å². The van der Waals surface area contributed by atoms with Gasteiger partial charge in [-0.2, -0.15) is 0 Å². The minimum absolute atomic E-state index is 0. The Morgan fingerprint density at radius 3 is 1.64 bits per heavy atom. The largest absolute Gasteiger partial charge is 2.00 e. The maximum atomic E-state index is 5.96. The summed E-state index contributed by atoms with van der Waals surface area (Å²) in [4.78, 5) is 8.66. The van der Waals surface area contributed by atoms with Crippen LogP contribution in [0.25, 0.3) is 22.5 Å². The third kappa shape index (κ3) is 4.95. The molecule has 0 saturated carbocycles. The number of hydrogen-bond donors (Lipinski definition) is 0. The van der Waals surface area contributed by atoms with Crippen molar-refractivity contribution in [3.63, 3.8) is 0 Å². The van der Waals surface area contributed by atoms with Crippen molar-refractivity contribution in [3.05, 3.63) is 79.5 Å². The fourth-order valence-corrected chi connectivity index (χ4v) is 1.81. The smallest absolute Gasteiger partial charge is 0.694 e. The fourth-order valence-electron chi connectivity index (χ4n) is 1.81. The summed E-state index contributed by atoms with van der Waals surface area (Å²) in [6, 6.07) is 21.1. The van der Waals surface area contributed by atoms with Crippen molar-refractivity contribution in [2.45, 2.75) is 6.92 Å². The van der Waals surface area contributed by atoms with Gasteiger partial charge in [0.15, 0.2) is 0 Å². The molecule has 110 valence electrons. The second-order valence-corrected chi connectivity index (χ2v) is 4.16. The number of rotatable bonds is 2. The molecule has 0 aliphatic carbocycles. The first kappa shape index (κ1) is 17.8. The van der Waals surface area contributed by atoms with Crippen LogP contribution in [-0.2, 0) is 21.1 Å². The molecule has 0 saturated heterocycles. The van der Waals surface area contributed by atoms with Gasteiger partial charge in [-0.3, -0.25) is 9.97 Å². The molecule has 0 aliphatic rings. The van der Waals surface area contributed by atoms with Crippen LogP contribution in [0.15, 0.2) is 67.0 Å². The number of aromatic nitrogens is 2. The molecular weight excluding hydrogens is 451 g/mol. The van der Waals surface area contributed by atoms with E-state index in [2.05, 4.69) is 16.0 Å². The Morgan fingerprint density at radius 1 is 0.818 bits per heavy atom. The van der Waals surface area contributed by atoms with E-state index in [1.807, 2.05) is 60.5 Å². The fraction of sp³-hybridized carbons (Fsp3) is 0.0526. The standard InChI is InChI=1S/C16H11N2.C3H3.Pt/c1-3-10-17-15(8-1)13-6-5-7-14(12-13)16-9-2-4-11-18-16;1-3-2;/h1-11H;1H3;/q2*-1;+2. The summed E-state index contributed by atoms with van der Waals surface area (Å²) in [7, 11) is 0. The molecule has 0 unspecified atom stereocenters. The Morgan fingerprint density at radius 2 is 1.27 bits per heavy atom. The van der Waals surface area contributed by atoms with Gasteiger partial charge in [-0.15, -0.1) is 24.3 Å². The Hall–Kier alpha value is -2.23. The summed E-state index contributed by atoms with van der Waals surface area (Å²) in [6.07, 6.45) is 9.53. The van der Waals surface area contributed by atoms with Gasteiger partial charge in [0.1, 0.15) is 0 Å². The molecular formula is C19H14N2Pt. The zero-order valence-electron chi connectivity index (χ0n) is 12.1. The molecule has 3 aromatic rings. The molecule has 22 heavy (non-hydrogen) atoms. The maximum Gasteiger partial charge on any atom is 2.00 e. The number of benzene rings is 1. The normalized spacial score (nSPS) is 8.73. The first-order chi connectivity index (χ1) is 10.3. The van der Waals surface area contributed by atoms with E-state index >= 15 is 0 Å². The average Bonchev–Trinajstić information content (AvgIpc) is 2.57. The molecule has 0 N–H and O–H groups in total. The monoisotopic (exact) mass is 465 g/mol. The van der Waals surface area contributed by atoms with Gasteiger partial charge < -0.3 is 12.3 Å². The Kier molecular flexibility index (Phi) is 7.82. The van der Waals surface area contributed by atoms with Gasteiger partial charge in [0.25, 0.3) is 0 Å². The van der Waals surface area contributed by atoms with Crippen LogP contribution in [-0.4, -0.2) is 9.97 Å². The van der Waals surface area contributed by atoms with Crippen LogP contribution in [0, 0.1) is 18.4 Å². The summed E-state index contributed by atoms with van der Waals surface area (Å²) in [5.41, 5.74) is 3.82. The van der Waals surface area contributed by atoms with Gasteiger partial charge in [-0.25, -0.2) is 0 Å². The van der Waals surface area contributed by atoms with E-state index in [-0.39, 0.29) is 21.1 Å². The summed E-state index contributed by atoms with van der Waals surface area (Å²) in [5, 5.41) is 0. The van der Waals surface area contributed by atoms with E-state index < -0.39 is 0 Å². The maximum absolute atomic E-state index is 5.96. The quantitative estimate of drug-likeness (QED) is 0.419. The van der Waals surface area contributed by atoms with E-state index in [4.69, 9.17) is 6.42 Å². The van der Waals surface area contributed by atoms with Crippen molar-refractivity contribution < 1.29 is 21.1 Å². The molecule has 0 aliphatic heterocycles. The molecule has 2 heterocycles. The topological polar surface area (TPSA) is 25.8 Å². The Bertz CT molecular complexity index is 664. The van der Waals surface area contributed by atoms with Crippen molar-refractivity contribution in [2.24, 2.45) is 0 Å². The van der Waals surface area contributed by atoms with Crippen LogP contribution in [0.3, 0.4) is 0 Å². The molecule has 0 amide bonds. The summed E-state index contributed by atoms with van der Waals surface area (Å²) in [6.45, 7) is 1.54. The first-order valence-electron chi connectivity index (χ1n) is 6.53. The Labute approximate surface area is 145 Å². The van der Waals surface area contributed by atoms with Gasteiger partial charge in [-0.05, 0) is 19.1 Å². The van der Waals surface area contributed by atoms with Crippen molar-refractivity contribution in [1.82, 2.24) is 9.97 Å². The number of pyridine rings is 2. The van der Waals surface area contributed by atoms with Crippen LogP contribution < -0.4 is 0 Å². The Balaban J connectivity index is 0.000000562. The minimum Gasteiger partial charge on any atom is -0.694 e. The van der Waals surface area contributed by atoms with Crippen LogP contribution in [0.2, 0.25) is 0 Å². The van der Waals surface area contributed by atoms with E-state index in [1.165, 1.54) is 0 Å². The zero-order valence-corrected chi connectivity index (χ0v) is 14.3. The second kappa shape index (κ2) is 9.66. The van der Waals surface area contributed by atoms with Crippen LogP contribution >= 0.6 is 0 Å². The van der Waals surface area contributed by atoms with E-state index in [1.54, 1.807) is 19.3 Å². The van der Waals surface area contributed by atoms with E-state index in [0.29, 0.717) is 0 Å².